The van der Waals surface area contributed by atoms with Crippen molar-refractivity contribution in [1.82, 2.24) is 0 Å². The molecule has 1 aromatic carbocycles. The van der Waals surface area contributed by atoms with Crippen molar-refractivity contribution >= 4 is 5.78 Å². The Balaban J connectivity index is 1.58. The minimum atomic E-state index is 0.477. The van der Waals surface area contributed by atoms with E-state index in [2.05, 4.69) is 18.2 Å². The highest BCUT2D eigenvalue weighted by atomic mass is 16.5. The monoisotopic (exact) mass is 258 g/mol. The number of benzene rings is 1. The molecule has 19 heavy (non-hydrogen) atoms. The first kappa shape index (κ1) is 12.7. The summed E-state index contributed by atoms with van der Waals surface area (Å²) in [6, 6.07) is 6.58. The lowest BCUT2D eigenvalue weighted by Gasteiger charge is -2.13. The molecule has 0 radical (unpaired) electrons. The first-order valence-electron chi connectivity index (χ1n) is 7.57. The highest BCUT2D eigenvalue weighted by molar-refractivity contribution is 5.78. The van der Waals surface area contributed by atoms with E-state index in [9.17, 15) is 4.79 Å². The van der Waals surface area contributed by atoms with Crippen LogP contribution in [0.3, 0.4) is 0 Å². The molecule has 1 aliphatic carbocycles. The van der Waals surface area contributed by atoms with E-state index in [0.717, 1.165) is 50.9 Å². The predicted molar refractivity (Wildman–Crippen MR) is 75.5 cm³/mol. The number of rotatable bonds is 3. The molecule has 0 bridgehead atoms. The van der Waals surface area contributed by atoms with Crippen molar-refractivity contribution in [2.24, 2.45) is 5.92 Å². The van der Waals surface area contributed by atoms with Crippen LogP contribution in [0.25, 0.3) is 0 Å². The molecule has 1 fully saturated rings. The molecule has 0 amide bonds. The molecule has 2 heteroatoms. The lowest BCUT2D eigenvalue weighted by atomic mass is 9.92. The Hall–Kier alpha value is -1.31. The van der Waals surface area contributed by atoms with Crippen molar-refractivity contribution in [2.75, 3.05) is 6.61 Å². The molecule has 0 saturated heterocycles. The number of ether oxygens (including phenoxy) is 1. The normalized spacial score (nSPS) is 22.7. The molecule has 1 aromatic rings. The smallest absolute Gasteiger partial charge is 0.133 e. The summed E-state index contributed by atoms with van der Waals surface area (Å²) in [7, 11) is 0. The maximum absolute atomic E-state index is 11.6. The molecule has 1 heterocycles. The molecule has 0 spiro atoms. The van der Waals surface area contributed by atoms with Gasteiger partial charge in [-0.3, -0.25) is 4.79 Å². The summed E-state index contributed by atoms with van der Waals surface area (Å²) in [4.78, 5) is 11.6. The van der Waals surface area contributed by atoms with Crippen molar-refractivity contribution in [3.63, 3.8) is 0 Å². The standard InChI is InChI=1S/C17H22O2/c18-16-4-2-1-3-13(12-16)5-6-14-7-8-17-15(11-14)9-10-19-17/h7-8,11,13H,1-6,9-10,12H2. The fourth-order valence-electron chi connectivity index (χ4n) is 3.29. The number of ketones is 1. The summed E-state index contributed by atoms with van der Waals surface area (Å²) in [5.74, 6) is 2.15. The van der Waals surface area contributed by atoms with Crippen molar-refractivity contribution in [3.8, 4) is 5.75 Å². The third-order valence-electron chi connectivity index (χ3n) is 4.43. The minimum Gasteiger partial charge on any atom is -0.493 e. The second-order valence-electron chi connectivity index (χ2n) is 5.93. The Labute approximate surface area is 115 Å². The van der Waals surface area contributed by atoms with E-state index in [0.29, 0.717) is 11.7 Å². The van der Waals surface area contributed by atoms with Crippen LogP contribution in [0, 0.1) is 5.92 Å². The van der Waals surface area contributed by atoms with Crippen LogP contribution in [0.2, 0.25) is 0 Å². The number of Topliss-reactive ketones (excluding diaryl/α,β-unsaturated/α-hetero) is 1. The Morgan fingerprint density at radius 1 is 1.21 bits per heavy atom. The molecule has 2 nitrogen and oxygen atoms in total. The third kappa shape index (κ3) is 3.17. The van der Waals surface area contributed by atoms with Gasteiger partial charge in [0.1, 0.15) is 11.5 Å². The highest BCUT2D eigenvalue weighted by Gasteiger charge is 2.18. The van der Waals surface area contributed by atoms with Crippen LogP contribution < -0.4 is 4.74 Å². The number of aryl methyl sites for hydroxylation is 1. The molecular weight excluding hydrogens is 236 g/mol. The minimum absolute atomic E-state index is 0.477. The van der Waals surface area contributed by atoms with E-state index in [-0.39, 0.29) is 0 Å². The van der Waals surface area contributed by atoms with Gasteiger partial charge < -0.3 is 4.74 Å². The molecule has 1 aliphatic heterocycles. The molecule has 1 saturated carbocycles. The van der Waals surface area contributed by atoms with Crippen molar-refractivity contribution < 1.29 is 9.53 Å². The third-order valence-corrected chi connectivity index (χ3v) is 4.43. The van der Waals surface area contributed by atoms with Gasteiger partial charge in [0.2, 0.25) is 0 Å². The number of fused-ring (bicyclic) bond motifs is 1. The van der Waals surface area contributed by atoms with Crippen LogP contribution in [-0.2, 0) is 17.6 Å². The van der Waals surface area contributed by atoms with Crippen LogP contribution in [0.1, 0.15) is 49.7 Å². The largest absolute Gasteiger partial charge is 0.493 e. The zero-order chi connectivity index (χ0) is 13.1. The lowest BCUT2D eigenvalue weighted by Crippen LogP contribution is -2.06. The van der Waals surface area contributed by atoms with Gasteiger partial charge in [-0.25, -0.2) is 0 Å². The first-order chi connectivity index (χ1) is 9.31. The van der Waals surface area contributed by atoms with E-state index >= 15 is 0 Å². The van der Waals surface area contributed by atoms with Gasteiger partial charge in [0.25, 0.3) is 0 Å². The second-order valence-corrected chi connectivity index (χ2v) is 5.93. The van der Waals surface area contributed by atoms with Crippen LogP contribution >= 0.6 is 0 Å². The summed E-state index contributed by atoms with van der Waals surface area (Å²) in [6.07, 6.45) is 8.50. The zero-order valence-corrected chi connectivity index (χ0v) is 11.5. The van der Waals surface area contributed by atoms with Gasteiger partial charge in [0, 0.05) is 19.3 Å². The van der Waals surface area contributed by atoms with Crippen LogP contribution in [0.5, 0.6) is 5.75 Å². The molecule has 2 aliphatic rings. The molecule has 0 N–H and O–H groups in total. The lowest BCUT2D eigenvalue weighted by molar-refractivity contribution is -0.119. The zero-order valence-electron chi connectivity index (χ0n) is 11.5. The SMILES string of the molecule is O=C1CCCCC(CCc2ccc3c(c2)CCO3)C1. The Morgan fingerprint density at radius 2 is 2.16 bits per heavy atom. The number of hydrogen-bond acceptors (Lipinski definition) is 2. The van der Waals surface area contributed by atoms with Gasteiger partial charge in [0.15, 0.2) is 0 Å². The number of carbonyl (C=O) groups is 1. The van der Waals surface area contributed by atoms with Gasteiger partial charge in [-0.1, -0.05) is 18.6 Å². The Bertz CT molecular complexity index is 464. The fourth-order valence-corrected chi connectivity index (χ4v) is 3.29. The maximum Gasteiger partial charge on any atom is 0.133 e. The average molecular weight is 258 g/mol. The molecule has 3 rings (SSSR count). The second kappa shape index (κ2) is 5.77. The van der Waals surface area contributed by atoms with Gasteiger partial charge >= 0.3 is 0 Å². The summed E-state index contributed by atoms with van der Waals surface area (Å²) in [5.41, 5.74) is 2.76. The Morgan fingerprint density at radius 3 is 3.11 bits per heavy atom. The first-order valence-corrected chi connectivity index (χ1v) is 7.57. The topological polar surface area (TPSA) is 26.3 Å². The van der Waals surface area contributed by atoms with Gasteiger partial charge in [-0.05, 0) is 48.8 Å². The summed E-state index contributed by atoms with van der Waals surface area (Å²) in [5, 5.41) is 0. The molecular formula is C17H22O2. The number of hydrogen-bond donors (Lipinski definition) is 0. The van der Waals surface area contributed by atoms with Gasteiger partial charge in [-0.2, -0.15) is 0 Å². The highest BCUT2D eigenvalue weighted by Crippen LogP contribution is 2.28. The van der Waals surface area contributed by atoms with Crippen molar-refractivity contribution in [1.29, 1.82) is 0 Å². The van der Waals surface area contributed by atoms with E-state index in [1.54, 1.807) is 0 Å². The van der Waals surface area contributed by atoms with Crippen LogP contribution in [0.4, 0.5) is 0 Å². The average Bonchev–Trinajstić information content (AvgIpc) is 2.78. The fraction of sp³-hybridized carbons (Fsp3) is 0.588. The van der Waals surface area contributed by atoms with Crippen molar-refractivity contribution in [3.05, 3.63) is 29.3 Å². The van der Waals surface area contributed by atoms with E-state index in [4.69, 9.17) is 4.74 Å². The van der Waals surface area contributed by atoms with E-state index in [1.807, 2.05) is 0 Å². The van der Waals surface area contributed by atoms with E-state index in [1.165, 1.54) is 24.0 Å². The van der Waals surface area contributed by atoms with Crippen molar-refractivity contribution in [2.45, 2.75) is 51.4 Å². The van der Waals surface area contributed by atoms with Crippen LogP contribution in [-0.4, -0.2) is 12.4 Å². The molecule has 102 valence electrons. The summed E-state index contributed by atoms with van der Waals surface area (Å²) in [6.45, 7) is 0.829. The van der Waals surface area contributed by atoms with Gasteiger partial charge in [-0.15, -0.1) is 0 Å². The molecule has 1 unspecified atom stereocenters. The van der Waals surface area contributed by atoms with E-state index < -0.39 is 0 Å². The summed E-state index contributed by atoms with van der Waals surface area (Å²) < 4.78 is 5.53. The molecule has 1 atom stereocenters. The quantitative estimate of drug-likeness (QED) is 0.773. The molecule has 0 aromatic heterocycles. The number of carbonyl (C=O) groups excluding carboxylic acids is 1. The maximum atomic E-state index is 11.6. The Kier molecular flexibility index (Phi) is 3.86. The van der Waals surface area contributed by atoms with Crippen LogP contribution in [0.15, 0.2) is 18.2 Å². The van der Waals surface area contributed by atoms with Gasteiger partial charge in [0.05, 0.1) is 6.61 Å². The predicted octanol–water partition coefficient (Wildman–Crippen LogP) is 3.70. The summed E-state index contributed by atoms with van der Waals surface area (Å²) >= 11 is 0.